The Morgan fingerprint density at radius 3 is 2.45 bits per heavy atom. The zero-order valence-electron chi connectivity index (χ0n) is 11.9. The number of allylic oxidation sites excluding steroid dienone is 1. The summed E-state index contributed by atoms with van der Waals surface area (Å²) in [5.41, 5.74) is 6.13. The summed E-state index contributed by atoms with van der Waals surface area (Å²) in [6.45, 7) is 1.18. The van der Waals surface area contributed by atoms with Gasteiger partial charge in [-0.15, -0.1) is 0 Å². The van der Waals surface area contributed by atoms with Crippen LogP contribution in [0, 0.1) is 0 Å². The van der Waals surface area contributed by atoms with Crippen LogP contribution in [0.3, 0.4) is 0 Å². The predicted molar refractivity (Wildman–Crippen MR) is 80.1 cm³/mol. The van der Waals surface area contributed by atoms with Gasteiger partial charge in [-0.1, -0.05) is 23.7 Å². The highest BCUT2D eigenvalue weighted by Crippen LogP contribution is 2.36. The molecule has 1 aromatic carbocycles. The second kappa shape index (κ2) is 6.19. The zero-order chi connectivity index (χ0) is 16.4. The minimum absolute atomic E-state index is 0.0338. The van der Waals surface area contributed by atoms with Crippen LogP contribution in [0.2, 0.25) is 5.02 Å². The highest BCUT2D eigenvalue weighted by molar-refractivity contribution is 6.30. The van der Waals surface area contributed by atoms with Crippen LogP contribution < -0.4 is 5.73 Å². The highest BCUT2D eigenvalue weighted by Gasteiger charge is 2.36. The lowest BCUT2D eigenvalue weighted by molar-refractivity contribution is -0.137. The molecule has 0 aromatic heterocycles. The molecule has 1 atom stereocenters. The molecule has 6 nitrogen and oxygen atoms in total. The largest absolute Gasteiger partial charge is 0.478 e. The number of carbonyl (C=O) groups is 3. The minimum atomic E-state index is -1.13. The van der Waals surface area contributed by atoms with E-state index in [1.54, 1.807) is 24.3 Å². The molecule has 1 aliphatic heterocycles. The first-order valence-corrected chi connectivity index (χ1v) is 6.97. The van der Waals surface area contributed by atoms with E-state index < -0.39 is 17.8 Å². The van der Waals surface area contributed by atoms with Crippen molar-refractivity contribution in [2.45, 2.75) is 19.3 Å². The van der Waals surface area contributed by atoms with Crippen LogP contribution in [0.4, 0.5) is 0 Å². The third kappa shape index (κ3) is 3.12. The standard InChI is InChI=1S/C15H15ClN2O4/c1-8-14(15(21)22)11(9-2-4-10(16)5-3-9)6-13(20)18(8)7-12(17)19/h2-5,11H,6-7H2,1H3,(H2,17,19)(H,21,22). The molecule has 0 radical (unpaired) electrons. The first kappa shape index (κ1) is 16.0. The number of nitrogens with zero attached hydrogens (tertiary/aromatic N) is 1. The molecule has 1 unspecified atom stereocenters. The third-order valence-corrected chi connectivity index (χ3v) is 3.89. The lowest BCUT2D eigenvalue weighted by Gasteiger charge is -2.33. The van der Waals surface area contributed by atoms with Crippen molar-refractivity contribution in [2.75, 3.05) is 6.54 Å². The Morgan fingerprint density at radius 1 is 1.36 bits per heavy atom. The highest BCUT2D eigenvalue weighted by atomic mass is 35.5. The van der Waals surface area contributed by atoms with E-state index in [9.17, 15) is 19.5 Å². The number of carbonyl (C=O) groups excluding carboxylic acids is 2. The lowest BCUT2D eigenvalue weighted by Crippen LogP contribution is -2.42. The Labute approximate surface area is 132 Å². The number of primary amides is 1. The van der Waals surface area contributed by atoms with E-state index in [4.69, 9.17) is 17.3 Å². The van der Waals surface area contributed by atoms with Gasteiger partial charge in [0.1, 0.15) is 6.54 Å². The molecule has 0 fully saturated rings. The topological polar surface area (TPSA) is 101 Å². The molecule has 1 heterocycles. The first-order chi connectivity index (χ1) is 10.3. The summed E-state index contributed by atoms with van der Waals surface area (Å²) in [5.74, 6) is -2.73. The van der Waals surface area contributed by atoms with Crippen LogP contribution in [0.25, 0.3) is 0 Å². The summed E-state index contributed by atoms with van der Waals surface area (Å²) < 4.78 is 0. The molecule has 0 aliphatic carbocycles. The average Bonchev–Trinajstić information content (AvgIpc) is 2.43. The van der Waals surface area contributed by atoms with Crippen molar-refractivity contribution in [3.63, 3.8) is 0 Å². The number of halogens is 1. The van der Waals surface area contributed by atoms with Crippen LogP contribution in [0.1, 0.15) is 24.8 Å². The van der Waals surface area contributed by atoms with Gasteiger partial charge in [0.25, 0.3) is 0 Å². The maximum absolute atomic E-state index is 12.2. The predicted octanol–water partition coefficient (Wildman–Crippen LogP) is 1.50. The maximum atomic E-state index is 12.2. The summed E-state index contributed by atoms with van der Waals surface area (Å²) in [4.78, 5) is 36.0. The summed E-state index contributed by atoms with van der Waals surface area (Å²) in [6.07, 6.45) is -0.0338. The van der Waals surface area contributed by atoms with Crippen LogP contribution >= 0.6 is 11.6 Å². The van der Waals surface area contributed by atoms with E-state index in [2.05, 4.69) is 0 Å². The number of carboxylic acid groups (broad SMARTS) is 1. The molecule has 22 heavy (non-hydrogen) atoms. The van der Waals surface area contributed by atoms with Crippen molar-refractivity contribution in [3.05, 3.63) is 46.1 Å². The first-order valence-electron chi connectivity index (χ1n) is 6.59. The van der Waals surface area contributed by atoms with E-state index >= 15 is 0 Å². The Morgan fingerprint density at radius 2 is 1.95 bits per heavy atom. The van der Waals surface area contributed by atoms with Crippen LogP contribution in [-0.2, 0) is 14.4 Å². The molecule has 0 spiro atoms. The van der Waals surface area contributed by atoms with Gasteiger partial charge in [0, 0.05) is 23.1 Å². The van der Waals surface area contributed by atoms with Crippen molar-refractivity contribution >= 4 is 29.4 Å². The molecule has 0 saturated carbocycles. The number of nitrogens with two attached hydrogens (primary N) is 1. The molecule has 116 valence electrons. The molecule has 0 saturated heterocycles. The second-order valence-corrected chi connectivity index (χ2v) is 5.50. The second-order valence-electron chi connectivity index (χ2n) is 5.06. The fraction of sp³-hybridized carbons (Fsp3) is 0.267. The number of aliphatic carboxylic acids is 1. The van der Waals surface area contributed by atoms with Gasteiger partial charge in [-0.2, -0.15) is 0 Å². The zero-order valence-corrected chi connectivity index (χ0v) is 12.6. The number of amides is 2. The average molecular weight is 323 g/mol. The van der Waals surface area contributed by atoms with Crippen LogP contribution in [0.5, 0.6) is 0 Å². The van der Waals surface area contributed by atoms with Crippen molar-refractivity contribution in [1.29, 1.82) is 0 Å². The molecular weight excluding hydrogens is 308 g/mol. The van der Waals surface area contributed by atoms with Crippen molar-refractivity contribution < 1.29 is 19.5 Å². The Bertz CT molecular complexity index is 667. The monoisotopic (exact) mass is 322 g/mol. The molecule has 1 aliphatic rings. The van der Waals surface area contributed by atoms with Crippen molar-refractivity contribution in [3.8, 4) is 0 Å². The minimum Gasteiger partial charge on any atom is -0.478 e. The number of rotatable bonds is 4. The number of hydrogen-bond donors (Lipinski definition) is 2. The van der Waals surface area contributed by atoms with E-state index in [-0.39, 0.29) is 30.1 Å². The van der Waals surface area contributed by atoms with Gasteiger partial charge in [-0.3, -0.25) is 9.59 Å². The maximum Gasteiger partial charge on any atom is 0.333 e. The summed E-state index contributed by atoms with van der Waals surface area (Å²) >= 11 is 5.83. The van der Waals surface area contributed by atoms with Gasteiger partial charge in [-0.05, 0) is 24.6 Å². The fourth-order valence-electron chi connectivity index (χ4n) is 2.62. The molecule has 2 rings (SSSR count). The van der Waals surface area contributed by atoms with Gasteiger partial charge >= 0.3 is 5.97 Å². The molecule has 0 bridgehead atoms. The molecule has 2 amide bonds. The molecular formula is C15H15ClN2O4. The van der Waals surface area contributed by atoms with Crippen LogP contribution in [-0.4, -0.2) is 34.3 Å². The third-order valence-electron chi connectivity index (χ3n) is 3.64. The smallest absolute Gasteiger partial charge is 0.333 e. The Hall–Kier alpha value is -2.34. The number of benzene rings is 1. The Balaban J connectivity index is 2.49. The van der Waals surface area contributed by atoms with Gasteiger partial charge in [-0.25, -0.2) is 4.79 Å². The van der Waals surface area contributed by atoms with Gasteiger partial charge in [0.2, 0.25) is 11.8 Å². The molecule has 7 heteroatoms. The summed E-state index contributed by atoms with van der Waals surface area (Å²) in [5, 5.41) is 10.0. The van der Waals surface area contributed by atoms with E-state index in [1.165, 1.54) is 6.92 Å². The number of hydrogen-bond acceptors (Lipinski definition) is 3. The van der Waals surface area contributed by atoms with E-state index in [1.807, 2.05) is 0 Å². The molecule has 3 N–H and O–H groups in total. The lowest BCUT2D eigenvalue weighted by atomic mass is 9.84. The summed E-state index contributed by atoms with van der Waals surface area (Å²) in [7, 11) is 0. The van der Waals surface area contributed by atoms with Crippen LogP contribution in [0.15, 0.2) is 35.5 Å². The normalized spacial score (nSPS) is 18.5. The van der Waals surface area contributed by atoms with E-state index in [0.717, 1.165) is 4.90 Å². The van der Waals surface area contributed by atoms with Gasteiger partial charge < -0.3 is 15.7 Å². The SMILES string of the molecule is CC1=C(C(=O)O)C(c2ccc(Cl)cc2)CC(=O)N1CC(N)=O. The fourth-order valence-corrected chi connectivity index (χ4v) is 2.74. The Kier molecular flexibility index (Phi) is 4.51. The van der Waals surface area contributed by atoms with Gasteiger partial charge in [0.05, 0.1) is 5.57 Å². The van der Waals surface area contributed by atoms with E-state index in [0.29, 0.717) is 10.6 Å². The van der Waals surface area contributed by atoms with Crippen molar-refractivity contribution in [1.82, 2.24) is 4.90 Å². The quantitative estimate of drug-likeness (QED) is 0.877. The van der Waals surface area contributed by atoms with Crippen molar-refractivity contribution in [2.24, 2.45) is 5.73 Å². The summed E-state index contributed by atoms with van der Waals surface area (Å²) in [6, 6.07) is 6.68. The molecule has 1 aromatic rings. The van der Waals surface area contributed by atoms with Gasteiger partial charge in [0.15, 0.2) is 0 Å². The number of carboxylic acids is 1.